The summed E-state index contributed by atoms with van der Waals surface area (Å²) in [4.78, 5) is 0. The van der Waals surface area contributed by atoms with Gasteiger partial charge in [-0.25, -0.2) is 16.8 Å². The second-order valence-corrected chi connectivity index (χ2v) is 14.5. The van der Waals surface area contributed by atoms with Crippen LogP contribution in [0.4, 0.5) is 26.3 Å². The molecule has 0 radical (unpaired) electrons. The fourth-order valence-corrected chi connectivity index (χ4v) is 5.42. The molecule has 0 aliphatic heterocycles. The molecule has 0 heterocycles. The van der Waals surface area contributed by atoms with Crippen molar-refractivity contribution in [1.29, 1.82) is 0 Å². The molecule has 2 N–H and O–H groups in total. The molecule has 49 heavy (non-hydrogen) atoms. The lowest BCUT2D eigenvalue weighted by molar-refractivity contribution is -0.0522. The van der Waals surface area contributed by atoms with Crippen molar-refractivity contribution >= 4 is 43.8 Å². The number of alkyl halides is 6. The lowest BCUT2D eigenvalue weighted by Crippen LogP contribution is -2.21. The van der Waals surface area contributed by atoms with Gasteiger partial charge in [0.15, 0.2) is 20.2 Å². The molecule has 4 aromatic carbocycles. The summed E-state index contributed by atoms with van der Waals surface area (Å²) < 4.78 is 118. The molecule has 0 amide bonds. The Morgan fingerprint density at radius 2 is 0.837 bits per heavy atom. The van der Waals surface area contributed by atoms with Crippen molar-refractivity contribution in [2.75, 3.05) is 0 Å². The van der Waals surface area contributed by atoms with Crippen LogP contribution in [0.1, 0.15) is 27.8 Å². The molecular formula is C31H32F6O8S4. The molecule has 8 nitrogen and oxygen atoms in total. The zero-order valence-corrected chi connectivity index (χ0v) is 28.9. The lowest BCUT2D eigenvalue weighted by atomic mass is 10.1. The summed E-state index contributed by atoms with van der Waals surface area (Å²) in [6.07, 6.45) is 0. The molecule has 18 heteroatoms. The summed E-state index contributed by atoms with van der Waals surface area (Å²) in [5.41, 5.74) is -4.57. The molecular weight excluding hydrogens is 743 g/mol. The third kappa shape index (κ3) is 18.8. The van der Waals surface area contributed by atoms with E-state index in [0.29, 0.717) is 11.5 Å². The minimum atomic E-state index is -6.09. The van der Waals surface area contributed by atoms with Gasteiger partial charge >= 0.3 is 11.0 Å². The van der Waals surface area contributed by atoms with Gasteiger partial charge in [-0.1, -0.05) is 78.9 Å². The number of aryl methyl sites for hydroxylation is 1. The van der Waals surface area contributed by atoms with E-state index in [1.54, 1.807) is 24.3 Å². The van der Waals surface area contributed by atoms with Crippen LogP contribution in [0.25, 0.3) is 0 Å². The molecule has 0 aromatic heterocycles. The molecule has 0 atom stereocenters. The molecule has 0 bridgehead atoms. The van der Waals surface area contributed by atoms with Gasteiger partial charge in [0.05, 0.1) is 0 Å². The van der Waals surface area contributed by atoms with Crippen LogP contribution in [-0.4, -0.2) is 47.2 Å². The average molecular weight is 775 g/mol. The topological polar surface area (TPSA) is 155 Å². The molecule has 0 unspecified atom stereocenters. The van der Waals surface area contributed by atoms with E-state index in [0.717, 1.165) is 23.0 Å². The van der Waals surface area contributed by atoms with Crippen molar-refractivity contribution in [3.63, 3.8) is 0 Å². The SMILES string of the molecule is Cc1ccccc1C[SH+]Cc1ccc(O)cc1.O=S(=O)([O-])C(F)(F)F.O=S(=O)([O-])C(F)(F)F.Oc1ccc(C[SH+]Cc2ccccc2)cc1. The number of hydrogen-bond acceptors (Lipinski definition) is 8. The monoisotopic (exact) mass is 774 g/mol. The third-order valence-electron chi connectivity index (χ3n) is 5.71. The Labute approximate surface area is 288 Å². The highest BCUT2D eigenvalue weighted by Gasteiger charge is 2.37. The van der Waals surface area contributed by atoms with E-state index in [1.807, 2.05) is 30.3 Å². The summed E-state index contributed by atoms with van der Waals surface area (Å²) in [6.45, 7) is 2.16. The number of phenolic OH excluding ortho intramolecular Hbond substituents is 2. The highest BCUT2D eigenvalue weighted by Crippen LogP contribution is 2.21. The highest BCUT2D eigenvalue weighted by atomic mass is 32.2. The minimum Gasteiger partial charge on any atom is -0.741 e. The van der Waals surface area contributed by atoms with Gasteiger partial charge in [-0.15, -0.1) is 0 Å². The second kappa shape index (κ2) is 20.3. The van der Waals surface area contributed by atoms with Gasteiger partial charge < -0.3 is 19.3 Å². The Morgan fingerprint density at radius 3 is 1.18 bits per heavy atom. The van der Waals surface area contributed by atoms with E-state index in [9.17, 15) is 31.4 Å². The van der Waals surface area contributed by atoms with Crippen LogP contribution in [0.15, 0.2) is 103 Å². The van der Waals surface area contributed by atoms with E-state index in [-0.39, 0.29) is 0 Å². The number of phenols is 2. The summed E-state index contributed by atoms with van der Waals surface area (Å²) in [7, 11) is -12.2. The van der Waals surface area contributed by atoms with Crippen molar-refractivity contribution in [2.45, 2.75) is 41.0 Å². The molecule has 4 aromatic rings. The number of thiol groups is 2. The number of benzene rings is 4. The zero-order valence-electron chi connectivity index (χ0n) is 25.5. The van der Waals surface area contributed by atoms with E-state index in [4.69, 9.17) is 31.0 Å². The van der Waals surface area contributed by atoms with Crippen molar-refractivity contribution in [3.8, 4) is 11.5 Å². The molecule has 0 saturated heterocycles. The Kier molecular flexibility index (Phi) is 18.1. The maximum Gasteiger partial charge on any atom is 0.485 e. The molecule has 0 fully saturated rings. The van der Waals surface area contributed by atoms with Crippen molar-refractivity contribution in [2.24, 2.45) is 0 Å². The summed E-state index contributed by atoms with van der Waals surface area (Å²) in [5.74, 6) is 4.92. The van der Waals surface area contributed by atoms with Gasteiger partial charge in [0, 0.05) is 22.3 Å². The van der Waals surface area contributed by atoms with Gasteiger partial charge in [0.1, 0.15) is 34.5 Å². The van der Waals surface area contributed by atoms with Gasteiger partial charge in [-0.05, 0) is 60.3 Å². The first-order valence-corrected chi connectivity index (χ1v) is 18.9. The van der Waals surface area contributed by atoms with E-state index >= 15 is 0 Å². The molecule has 0 aliphatic carbocycles. The Morgan fingerprint density at radius 1 is 0.531 bits per heavy atom. The fourth-order valence-electron chi connectivity index (χ4n) is 3.19. The van der Waals surface area contributed by atoms with Gasteiger partial charge in [-0.3, -0.25) is 0 Å². The summed E-state index contributed by atoms with van der Waals surface area (Å²) in [5, 5.41) is 18.4. The van der Waals surface area contributed by atoms with E-state index in [2.05, 4.69) is 55.5 Å². The van der Waals surface area contributed by atoms with Crippen LogP contribution >= 0.6 is 0 Å². The van der Waals surface area contributed by atoms with E-state index in [1.165, 1.54) is 51.3 Å². The minimum absolute atomic E-state index is 0.337. The number of halogens is 6. The summed E-state index contributed by atoms with van der Waals surface area (Å²) in [6, 6.07) is 33.9. The molecule has 0 aliphatic rings. The van der Waals surface area contributed by atoms with Crippen molar-refractivity contribution in [1.82, 2.24) is 0 Å². The number of hydrogen-bond donors (Lipinski definition) is 2. The lowest BCUT2D eigenvalue weighted by Gasteiger charge is -2.08. The predicted octanol–water partition coefficient (Wildman–Crippen LogP) is 6.23. The van der Waals surface area contributed by atoms with Gasteiger partial charge in [0.2, 0.25) is 0 Å². The largest absolute Gasteiger partial charge is 0.741 e. The smallest absolute Gasteiger partial charge is 0.485 e. The first-order valence-electron chi connectivity index (χ1n) is 13.5. The van der Waals surface area contributed by atoms with E-state index < -0.39 is 31.3 Å². The standard InChI is InChI=1S/C15H16OS.C14H14OS.2CHF3O3S/c1-12-4-2-3-5-14(12)11-17-10-13-6-8-15(16)9-7-13;15-14-8-6-13(7-9-14)11-16-10-12-4-2-1-3-5-12;2*2-1(3,4)8(5,6)7/h2-9,16H,10-11H2,1H3;1-9,15H,10-11H2;2*(H,5,6,7). The highest BCUT2D eigenvalue weighted by molar-refractivity contribution is 7.86. The van der Waals surface area contributed by atoms with Crippen LogP contribution in [-0.2, 0) is 66.8 Å². The summed E-state index contributed by atoms with van der Waals surface area (Å²) >= 11 is 2.79. The number of aromatic hydroxyl groups is 2. The quantitative estimate of drug-likeness (QED) is 0.0703. The first kappa shape index (κ1) is 43.6. The molecule has 270 valence electrons. The molecule has 0 spiro atoms. The van der Waals surface area contributed by atoms with Gasteiger partial charge in [-0.2, -0.15) is 26.3 Å². The van der Waals surface area contributed by atoms with Crippen molar-refractivity contribution in [3.05, 3.63) is 131 Å². The zero-order chi connectivity index (χ0) is 37.3. The van der Waals surface area contributed by atoms with Crippen LogP contribution in [0, 0.1) is 6.92 Å². The number of rotatable bonds is 8. The maximum absolute atomic E-state index is 10.7. The van der Waals surface area contributed by atoms with Crippen LogP contribution in [0.5, 0.6) is 11.5 Å². The third-order valence-corrected chi connectivity index (χ3v) is 9.17. The fraction of sp³-hybridized carbons (Fsp3) is 0.226. The second-order valence-electron chi connectivity index (χ2n) is 9.62. The molecule has 0 saturated carbocycles. The van der Waals surface area contributed by atoms with Gasteiger partial charge in [0.25, 0.3) is 0 Å². The maximum atomic E-state index is 10.7. The van der Waals surface area contributed by atoms with Crippen LogP contribution in [0.2, 0.25) is 0 Å². The Hall–Kier alpha value is -3.42. The average Bonchev–Trinajstić information content (AvgIpc) is 3.00. The Balaban J connectivity index is 0.000000348. The predicted molar refractivity (Wildman–Crippen MR) is 178 cm³/mol. The van der Waals surface area contributed by atoms with Crippen molar-refractivity contribution < 1.29 is 62.5 Å². The van der Waals surface area contributed by atoms with Crippen LogP contribution in [0.3, 0.4) is 0 Å². The molecule has 4 rings (SSSR count). The Bertz CT molecular complexity index is 1710. The van der Waals surface area contributed by atoms with Crippen LogP contribution < -0.4 is 0 Å². The normalized spacial score (nSPS) is 11.5. The first-order chi connectivity index (χ1) is 22.6.